The smallest absolute Gasteiger partial charge is 0.237 e. The first-order valence-electron chi connectivity index (χ1n) is 7.04. The third-order valence-corrected chi connectivity index (χ3v) is 4.19. The number of amides is 1. The molecule has 1 rings (SSSR count). The third-order valence-electron chi connectivity index (χ3n) is 3.12. The number of hydrogen-bond donors (Lipinski definition) is 3. The maximum Gasteiger partial charge on any atom is 0.237 e. The van der Waals surface area contributed by atoms with Crippen molar-refractivity contribution in [2.75, 3.05) is 31.2 Å². The van der Waals surface area contributed by atoms with Crippen LogP contribution in [0.1, 0.15) is 38.5 Å². The summed E-state index contributed by atoms with van der Waals surface area (Å²) >= 11 is 1.78. The molecule has 1 heterocycles. The molecular formula is C13H26N2O2S. The number of thioether (sulfide) groups is 1. The lowest BCUT2D eigenvalue weighted by Crippen LogP contribution is -2.45. The Morgan fingerprint density at radius 2 is 2.11 bits per heavy atom. The number of carbonyl (C=O) groups is 1. The zero-order valence-electron chi connectivity index (χ0n) is 11.1. The molecule has 1 aliphatic heterocycles. The SMILES string of the molecule is O=C(NCCSCCCO)C1CCCCCCN1. The largest absolute Gasteiger partial charge is 0.396 e. The standard InChI is InChI=1S/C13H26N2O2S/c16-9-5-10-18-11-8-15-13(17)12-6-3-1-2-4-7-14-12/h12,14,16H,1-11H2,(H,15,17). The van der Waals surface area contributed by atoms with Crippen LogP contribution in [0.4, 0.5) is 0 Å². The molecule has 106 valence electrons. The monoisotopic (exact) mass is 274 g/mol. The number of hydrogen-bond acceptors (Lipinski definition) is 4. The third kappa shape index (κ3) is 7.24. The lowest BCUT2D eigenvalue weighted by Gasteiger charge is -2.20. The van der Waals surface area contributed by atoms with Crippen LogP contribution < -0.4 is 10.6 Å². The molecule has 1 aliphatic rings. The molecule has 18 heavy (non-hydrogen) atoms. The Kier molecular flexibility index (Phi) is 9.34. The first kappa shape index (κ1) is 15.8. The van der Waals surface area contributed by atoms with Crippen molar-refractivity contribution in [2.45, 2.75) is 44.6 Å². The molecule has 0 aromatic heterocycles. The van der Waals surface area contributed by atoms with Crippen molar-refractivity contribution in [2.24, 2.45) is 0 Å². The number of aliphatic hydroxyl groups excluding tert-OH is 1. The van der Waals surface area contributed by atoms with Crippen molar-refractivity contribution >= 4 is 17.7 Å². The molecule has 0 aliphatic carbocycles. The van der Waals surface area contributed by atoms with Gasteiger partial charge in [-0.1, -0.05) is 19.3 Å². The van der Waals surface area contributed by atoms with E-state index in [1.54, 1.807) is 11.8 Å². The van der Waals surface area contributed by atoms with Crippen molar-refractivity contribution in [3.05, 3.63) is 0 Å². The van der Waals surface area contributed by atoms with Crippen molar-refractivity contribution in [1.82, 2.24) is 10.6 Å². The van der Waals surface area contributed by atoms with Gasteiger partial charge in [0.15, 0.2) is 0 Å². The fourth-order valence-electron chi connectivity index (χ4n) is 2.07. The minimum absolute atomic E-state index is 0.00717. The van der Waals surface area contributed by atoms with Crippen LogP contribution in [0.25, 0.3) is 0 Å². The molecule has 0 spiro atoms. The first-order valence-corrected chi connectivity index (χ1v) is 8.20. The van der Waals surface area contributed by atoms with E-state index in [1.165, 1.54) is 19.3 Å². The molecule has 1 atom stereocenters. The average Bonchev–Trinajstić information content (AvgIpc) is 2.33. The minimum Gasteiger partial charge on any atom is -0.396 e. The fraction of sp³-hybridized carbons (Fsp3) is 0.923. The maximum atomic E-state index is 11.9. The Labute approximate surface area is 114 Å². The van der Waals surface area contributed by atoms with Crippen LogP contribution >= 0.6 is 11.8 Å². The topological polar surface area (TPSA) is 61.4 Å². The van der Waals surface area contributed by atoms with E-state index in [2.05, 4.69) is 10.6 Å². The zero-order chi connectivity index (χ0) is 13.1. The van der Waals surface area contributed by atoms with Crippen LogP contribution in [0.3, 0.4) is 0 Å². The normalized spacial score (nSPS) is 21.1. The highest BCUT2D eigenvalue weighted by Crippen LogP contribution is 2.09. The Bertz CT molecular complexity index is 219. The summed E-state index contributed by atoms with van der Waals surface area (Å²) in [6, 6.07) is 0.00717. The molecule has 1 saturated heterocycles. The predicted octanol–water partition coefficient (Wildman–Crippen LogP) is 1.14. The van der Waals surface area contributed by atoms with Gasteiger partial charge >= 0.3 is 0 Å². The Hall–Kier alpha value is -0.260. The van der Waals surface area contributed by atoms with Gasteiger partial charge in [0.2, 0.25) is 5.91 Å². The van der Waals surface area contributed by atoms with Crippen LogP contribution in [-0.4, -0.2) is 48.3 Å². The van der Waals surface area contributed by atoms with Crippen molar-refractivity contribution in [3.8, 4) is 0 Å². The van der Waals surface area contributed by atoms with E-state index in [1.807, 2.05) is 0 Å². The van der Waals surface area contributed by atoms with Gasteiger partial charge in [0.25, 0.3) is 0 Å². The summed E-state index contributed by atoms with van der Waals surface area (Å²) in [5.41, 5.74) is 0. The van der Waals surface area contributed by atoms with E-state index >= 15 is 0 Å². The second kappa shape index (κ2) is 10.6. The molecule has 5 heteroatoms. The Morgan fingerprint density at radius 3 is 2.94 bits per heavy atom. The predicted molar refractivity (Wildman–Crippen MR) is 76.9 cm³/mol. The van der Waals surface area contributed by atoms with E-state index in [0.717, 1.165) is 43.9 Å². The van der Waals surface area contributed by atoms with E-state index in [0.29, 0.717) is 0 Å². The van der Waals surface area contributed by atoms with E-state index in [4.69, 9.17) is 5.11 Å². The summed E-state index contributed by atoms with van der Waals surface area (Å²) in [4.78, 5) is 11.9. The summed E-state index contributed by atoms with van der Waals surface area (Å²) in [6.45, 7) is 1.95. The summed E-state index contributed by atoms with van der Waals surface area (Å²) in [7, 11) is 0. The van der Waals surface area contributed by atoms with Gasteiger partial charge in [-0.25, -0.2) is 0 Å². The summed E-state index contributed by atoms with van der Waals surface area (Å²) in [6.07, 6.45) is 6.66. The molecule has 1 unspecified atom stereocenters. The van der Waals surface area contributed by atoms with Gasteiger partial charge in [-0.05, 0) is 31.6 Å². The summed E-state index contributed by atoms with van der Waals surface area (Å²) in [5.74, 6) is 2.05. The first-order chi connectivity index (χ1) is 8.84. The number of rotatable bonds is 7. The van der Waals surface area contributed by atoms with Gasteiger partial charge < -0.3 is 15.7 Å². The van der Waals surface area contributed by atoms with Crippen molar-refractivity contribution in [1.29, 1.82) is 0 Å². The molecule has 0 aromatic rings. The molecule has 1 fully saturated rings. The molecule has 0 radical (unpaired) electrons. The lowest BCUT2D eigenvalue weighted by atomic mass is 10.0. The second-order valence-corrected chi connectivity index (χ2v) is 5.91. The molecular weight excluding hydrogens is 248 g/mol. The Morgan fingerprint density at radius 1 is 1.28 bits per heavy atom. The molecule has 0 saturated carbocycles. The minimum atomic E-state index is 0.00717. The summed E-state index contributed by atoms with van der Waals surface area (Å²) in [5, 5.41) is 15.0. The van der Waals surface area contributed by atoms with Gasteiger partial charge in [0.05, 0.1) is 6.04 Å². The highest BCUT2D eigenvalue weighted by Gasteiger charge is 2.17. The molecule has 0 aromatic carbocycles. The highest BCUT2D eigenvalue weighted by atomic mass is 32.2. The van der Waals surface area contributed by atoms with Crippen LogP contribution in [-0.2, 0) is 4.79 Å². The van der Waals surface area contributed by atoms with Crippen LogP contribution in [0, 0.1) is 0 Å². The number of aliphatic hydroxyl groups is 1. The van der Waals surface area contributed by atoms with Crippen LogP contribution in [0.2, 0.25) is 0 Å². The zero-order valence-corrected chi connectivity index (χ0v) is 11.9. The van der Waals surface area contributed by atoms with Crippen LogP contribution in [0.5, 0.6) is 0 Å². The second-order valence-electron chi connectivity index (χ2n) is 4.69. The van der Waals surface area contributed by atoms with E-state index in [9.17, 15) is 4.79 Å². The quantitative estimate of drug-likeness (QED) is 0.609. The van der Waals surface area contributed by atoms with Gasteiger partial charge in [0.1, 0.15) is 0 Å². The van der Waals surface area contributed by atoms with Crippen molar-refractivity contribution < 1.29 is 9.90 Å². The van der Waals surface area contributed by atoms with E-state index in [-0.39, 0.29) is 18.6 Å². The summed E-state index contributed by atoms with van der Waals surface area (Å²) < 4.78 is 0. The lowest BCUT2D eigenvalue weighted by molar-refractivity contribution is -0.123. The molecule has 4 nitrogen and oxygen atoms in total. The van der Waals surface area contributed by atoms with Gasteiger partial charge in [0, 0.05) is 18.9 Å². The van der Waals surface area contributed by atoms with Gasteiger partial charge in [-0.15, -0.1) is 0 Å². The van der Waals surface area contributed by atoms with E-state index < -0.39 is 0 Å². The van der Waals surface area contributed by atoms with Gasteiger partial charge in [-0.2, -0.15) is 11.8 Å². The molecule has 3 N–H and O–H groups in total. The molecule has 1 amide bonds. The average molecular weight is 274 g/mol. The fourth-order valence-corrected chi connectivity index (χ4v) is 2.85. The van der Waals surface area contributed by atoms with Crippen molar-refractivity contribution in [3.63, 3.8) is 0 Å². The van der Waals surface area contributed by atoms with Gasteiger partial charge in [-0.3, -0.25) is 4.79 Å². The Balaban J connectivity index is 2.06. The number of nitrogens with one attached hydrogen (secondary N) is 2. The number of carbonyl (C=O) groups excluding carboxylic acids is 1. The van der Waals surface area contributed by atoms with Crippen LogP contribution in [0.15, 0.2) is 0 Å². The maximum absolute atomic E-state index is 11.9. The highest BCUT2D eigenvalue weighted by molar-refractivity contribution is 7.99. The molecule has 0 bridgehead atoms.